The first-order chi connectivity index (χ1) is 6.18. The van der Waals surface area contributed by atoms with Crippen LogP contribution in [0.3, 0.4) is 0 Å². The molecule has 1 saturated carbocycles. The minimum Gasteiger partial charge on any atom is -0.360 e. The highest BCUT2D eigenvalue weighted by Gasteiger charge is 2.32. The van der Waals surface area contributed by atoms with Gasteiger partial charge in [0.2, 0.25) is 0 Å². The van der Waals surface area contributed by atoms with Crippen molar-refractivity contribution >= 4 is 28.1 Å². The summed E-state index contributed by atoms with van der Waals surface area (Å²) in [7, 11) is 0. The summed E-state index contributed by atoms with van der Waals surface area (Å²) in [4.78, 5) is 4.09. The first kappa shape index (κ1) is 9.24. The second-order valence-corrected chi connectivity index (χ2v) is 4.79. The van der Waals surface area contributed by atoms with Gasteiger partial charge in [0.05, 0.1) is 0 Å². The molecule has 3 N–H and O–H groups in total. The van der Waals surface area contributed by atoms with Crippen molar-refractivity contribution in [2.24, 2.45) is 5.73 Å². The van der Waals surface area contributed by atoms with Crippen LogP contribution in [0.1, 0.15) is 19.3 Å². The standard InChI is InChI=1S/C8H12ClN3S/c9-6-4-13-7(12-6)11-5-8(10)2-1-3-8/h4H,1-3,5,10H2,(H,11,12). The summed E-state index contributed by atoms with van der Waals surface area (Å²) in [5, 5.41) is 6.43. The average molecular weight is 218 g/mol. The van der Waals surface area contributed by atoms with Gasteiger partial charge in [0, 0.05) is 17.5 Å². The van der Waals surface area contributed by atoms with Gasteiger partial charge in [0.15, 0.2) is 5.13 Å². The van der Waals surface area contributed by atoms with Crippen LogP contribution in [0.15, 0.2) is 5.38 Å². The fourth-order valence-corrected chi connectivity index (χ4v) is 2.23. The third kappa shape index (κ3) is 2.13. The molecule has 0 radical (unpaired) electrons. The summed E-state index contributed by atoms with van der Waals surface area (Å²) in [6, 6.07) is 0. The molecule has 0 unspecified atom stereocenters. The fraction of sp³-hybridized carbons (Fsp3) is 0.625. The van der Waals surface area contributed by atoms with Crippen molar-refractivity contribution in [1.29, 1.82) is 0 Å². The van der Waals surface area contributed by atoms with Crippen molar-refractivity contribution in [3.05, 3.63) is 10.5 Å². The number of hydrogen-bond acceptors (Lipinski definition) is 4. The highest BCUT2D eigenvalue weighted by molar-refractivity contribution is 7.14. The number of nitrogens with one attached hydrogen (secondary N) is 1. The van der Waals surface area contributed by atoms with E-state index in [0.29, 0.717) is 5.15 Å². The summed E-state index contributed by atoms with van der Waals surface area (Å²) in [6.45, 7) is 0.802. The van der Waals surface area contributed by atoms with E-state index in [1.807, 2.05) is 5.38 Å². The van der Waals surface area contributed by atoms with E-state index in [1.165, 1.54) is 17.8 Å². The van der Waals surface area contributed by atoms with Gasteiger partial charge in [-0.15, -0.1) is 11.3 Å². The molecule has 0 aromatic carbocycles. The summed E-state index contributed by atoms with van der Waals surface area (Å²) in [5.41, 5.74) is 6.04. The van der Waals surface area contributed by atoms with Gasteiger partial charge in [-0.3, -0.25) is 0 Å². The number of aromatic nitrogens is 1. The van der Waals surface area contributed by atoms with E-state index in [0.717, 1.165) is 24.5 Å². The molecule has 2 rings (SSSR count). The lowest BCUT2D eigenvalue weighted by Crippen LogP contribution is -2.51. The SMILES string of the molecule is NC1(CNc2nc(Cl)cs2)CCC1. The number of thiazole rings is 1. The van der Waals surface area contributed by atoms with Gasteiger partial charge in [0.1, 0.15) is 5.15 Å². The van der Waals surface area contributed by atoms with Crippen LogP contribution in [-0.4, -0.2) is 17.1 Å². The number of hydrogen-bond donors (Lipinski definition) is 2. The quantitative estimate of drug-likeness (QED) is 0.815. The number of halogens is 1. The minimum absolute atomic E-state index is 0.00184. The Morgan fingerprint density at radius 3 is 2.92 bits per heavy atom. The Morgan fingerprint density at radius 1 is 1.69 bits per heavy atom. The minimum atomic E-state index is -0.00184. The highest BCUT2D eigenvalue weighted by Crippen LogP contribution is 2.29. The molecule has 1 aromatic heterocycles. The molecule has 0 amide bonds. The molecule has 72 valence electrons. The van der Waals surface area contributed by atoms with Crippen molar-refractivity contribution in [3.63, 3.8) is 0 Å². The summed E-state index contributed by atoms with van der Waals surface area (Å²) in [5.74, 6) is 0. The Kier molecular flexibility index (Phi) is 2.45. The molecular weight excluding hydrogens is 206 g/mol. The third-order valence-electron chi connectivity index (χ3n) is 2.42. The van der Waals surface area contributed by atoms with Gasteiger partial charge in [-0.05, 0) is 19.3 Å². The Morgan fingerprint density at radius 2 is 2.46 bits per heavy atom. The molecular formula is C8H12ClN3S. The molecule has 1 aromatic rings. The van der Waals surface area contributed by atoms with Crippen LogP contribution >= 0.6 is 22.9 Å². The van der Waals surface area contributed by atoms with Gasteiger partial charge in [-0.2, -0.15) is 0 Å². The van der Waals surface area contributed by atoms with E-state index in [-0.39, 0.29) is 5.54 Å². The number of nitrogens with two attached hydrogens (primary N) is 1. The second kappa shape index (κ2) is 3.44. The van der Waals surface area contributed by atoms with Crippen molar-refractivity contribution in [2.75, 3.05) is 11.9 Å². The number of rotatable bonds is 3. The Labute approximate surface area is 86.3 Å². The molecule has 0 aliphatic heterocycles. The van der Waals surface area contributed by atoms with Crippen molar-refractivity contribution in [1.82, 2.24) is 4.98 Å². The Bertz CT molecular complexity index is 295. The molecule has 13 heavy (non-hydrogen) atoms. The van der Waals surface area contributed by atoms with E-state index in [2.05, 4.69) is 10.3 Å². The normalized spacial score (nSPS) is 19.5. The molecule has 1 heterocycles. The largest absolute Gasteiger partial charge is 0.360 e. The maximum Gasteiger partial charge on any atom is 0.184 e. The van der Waals surface area contributed by atoms with Gasteiger partial charge in [-0.25, -0.2) is 4.98 Å². The predicted octanol–water partition coefficient (Wildman–Crippen LogP) is 2.09. The first-order valence-corrected chi connectivity index (χ1v) is 5.58. The summed E-state index contributed by atoms with van der Waals surface area (Å²) >= 11 is 7.20. The molecule has 0 saturated heterocycles. The van der Waals surface area contributed by atoms with Crippen LogP contribution in [0.5, 0.6) is 0 Å². The zero-order valence-electron chi connectivity index (χ0n) is 7.22. The maximum atomic E-state index is 6.04. The van der Waals surface area contributed by atoms with E-state index in [4.69, 9.17) is 17.3 Å². The lowest BCUT2D eigenvalue weighted by Gasteiger charge is -2.38. The molecule has 5 heteroatoms. The van der Waals surface area contributed by atoms with Crippen LogP contribution in [0.4, 0.5) is 5.13 Å². The third-order valence-corrected chi connectivity index (χ3v) is 3.54. The van der Waals surface area contributed by atoms with Crippen molar-refractivity contribution in [2.45, 2.75) is 24.8 Å². The number of anilines is 1. The zero-order valence-corrected chi connectivity index (χ0v) is 8.79. The topological polar surface area (TPSA) is 50.9 Å². The summed E-state index contributed by atoms with van der Waals surface area (Å²) in [6.07, 6.45) is 3.47. The van der Waals surface area contributed by atoms with E-state index >= 15 is 0 Å². The molecule has 1 aliphatic carbocycles. The molecule has 0 spiro atoms. The lowest BCUT2D eigenvalue weighted by atomic mass is 9.78. The molecule has 1 fully saturated rings. The van der Waals surface area contributed by atoms with E-state index in [1.54, 1.807) is 0 Å². The molecule has 0 bridgehead atoms. The van der Waals surface area contributed by atoms with Crippen LogP contribution < -0.4 is 11.1 Å². The Hall–Kier alpha value is -0.320. The van der Waals surface area contributed by atoms with Crippen LogP contribution in [0.2, 0.25) is 5.15 Å². The molecule has 0 atom stereocenters. The lowest BCUT2D eigenvalue weighted by molar-refractivity contribution is 0.265. The van der Waals surface area contributed by atoms with Crippen LogP contribution in [0.25, 0.3) is 0 Å². The Balaban J connectivity index is 1.85. The van der Waals surface area contributed by atoms with Crippen molar-refractivity contribution in [3.8, 4) is 0 Å². The smallest absolute Gasteiger partial charge is 0.184 e. The second-order valence-electron chi connectivity index (χ2n) is 3.54. The predicted molar refractivity (Wildman–Crippen MR) is 56.4 cm³/mol. The first-order valence-electron chi connectivity index (χ1n) is 4.32. The number of nitrogens with zero attached hydrogens (tertiary/aromatic N) is 1. The fourth-order valence-electron chi connectivity index (χ4n) is 1.39. The van der Waals surface area contributed by atoms with Crippen LogP contribution in [0, 0.1) is 0 Å². The van der Waals surface area contributed by atoms with Gasteiger partial charge < -0.3 is 11.1 Å². The monoisotopic (exact) mass is 217 g/mol. The molecule has 3 nitrogen and oxygen atoms in total. The highest BCUT2D eigenvalue weighted by atomic mass is 35.5. The van der Waals surface area contributed by atoms with E-state index in [9.17, 15) is 0 Å². The van der Waals surface area contributed by atoms with Crippen LogP contribution in [-0.2, 0) is 0 Å². The van der Waals surface area contributed by atoms with Gasteiger partial charge in [-0.1, -0.05) is 11.6 Å². The van der Waals surface area contributed by atoms with Gasteiger partial charge >= 0.3 is 0 Å². The van der Waals surface area contributed by atoms with Gasteiger partial charge in [0.25, 0.3) is 0 Å². The maximum absolute atomic E-state index is 6.04. The molecule has 1 aliphatic rings. The van der Waals surface area contributed by atoms with Crippen molar-refractivity contribution < 1.29 is 0 Å². The van der Waals surface area contributed by atoms with E-state index < -0.39 is 0 Å². The summed E-state index contributed by atoms with van der Waals surface area (Å²) < 4.78 is 0. The average Bonchev–Trinajstić information content (AvgIpc) is 2.44. The zero-order chi connectivity index (χ0) is 9.31.